The van der Waals surface area contributed by atoms with Gasteiger partial charge in [0.25, 0.3) is 0 Å². The van der Waals surface area contributed by atoms with E-state index in [1.54, 1.807) is 12.1 Å². The number of alkyl halides is 2. The van der Waals surface area contributed by atoms with E-state index in [9.17, 15) is 14.4 Å². The van der Waals surface area contributed by atoms with Gasteiger partial charge in [-0.05, 0) is 47.4 Å². The summed E-state index contributed by atoms with van der Waals surface area (Å²) in [6, 6.07) is 18.4. The van der Waals surface area contributed by atoms with Crippen LogP contribution in [0.3, 0.4) is 0 Å². The topological polar surface area (TPSA) is 75.7 Å². The van der Waals surface area contributed by atoms with E-state index >= 15 is 0 Å². The number of halogens is 3. The number of hydrogen-bond acceptors (Lipinski definition) is 4. The van der Waals surface area contributed by atoms with Gasteiger partial charge < -0.3 is 10.1 Å². The number of anilines is 1. The Balaban J connectivity index is 1.43. The van der Waals surface area contributed by atoms with Gasteiger partial charge in [0.15, 0.2) is 0 Å². The summed E-state index contributed by atoms with van der Waals surface area (Å²) in [5.74, 6) is -3.18. The molecule has 0 radical (unpaired) electrons. The molecule has 1 aliphatic heterocycles. The zero-order valence-electron chi connectivity index (χ0n) is 19.8. The highest BCUT2D eigenvalue weighted by Crippen LogP contribution is 2.69. The lowest BCUT2D eigenvalue weighted by molar-refractivity contribution is -0.146. The smallest absolute Gasteiger partial charge is 0.247 e. The minimum Gasteiger partial charge on any atom is -0.495 e. The molecule has 3 amide bonds. The summed E-state index contributed by atoms with van der Waals surface area (Å²) < 4.78 is 5.30. The Morgan fingerprint density at radius 2 is 1.35 bits per heavy atom. The third kappa shape index (κ3) is 3.03. The van der Waals surface area contributed by atoms with Crippen molar-refractivity contribution >= 4 is 58.2 Å². The number of methoxy groups -OCH3 is 1. The Bertz CT molecular complexity index is 1380. The van der Waals surface area contributed by atoms with E-state index < -0.39 is 45.3 Å². The van der Waals surface area contributed by atoms with Gasteiger partial charge in [0.1, 0.15) is 21.5 Å². The Hall–Kier alpha value is -3.06. The number of amides is 3. The van der Waals surface area contributed by atoms with Crippen LogP contribution in [0, 0.1) is 11.8 Å². The number of nitrogens with zero attached hydrogens (tertiary/aromatic N) is 1. The number of ether oxygens (including phenoxy) is 1. The molecule has 188 valence electrons. The zero-order chi connectivity index (χ0) is 26.3. The number of hydrogen-bond donors (Lipinski definition) is 1. The number of carbonyl (C=O) groups is 3. The molecule has 0 saturated carbocycles. The van der Waals surface area contributed by atoms with Gasteiger partial charge in [-0.15, -0.1) is 23.2 Å². The van der Waals surface area contributed by atoms with Crippen molar-refractivity contribution in [3.05, 3.63) is 94.0 Å². The molecule has 9 heteroatoms. The standard InChI is InChI=1S/C28H21Cl3N2O4/c1-14(24(34)32-20-13-15(29)11-12-21(20)37-2)33-25(35)22-23(26(33)36)28(31)17-8-4-3-7-16(17)27(22,30)18-9-5-6-10-19(18)28/h3-14,22-23H,1-2H3,(H,32,34)/t14-,22-,23+,27?,28?/m1/s1. The van der Waals surface area contributed by atoms with Crippen LogP contribution in [-0.4, -0.2) is 35.8 Å². The summed E-state index contributed by atoms with van der Waals surface area (Å²) >= 11 is 21.0. The van der Waals surface area contributed by atoms with Crippen LogP contribution in [0.2, 0.25) is 5.02 Å². The SMILES string of the molecule is COc1ccc(Cl)cc1NC(=O)[C@@H](C)N1C(=O)[C@@H]2[C@H](C1=O)C1(Cl)c3ccccc3C2(Cl)c2ccccc21. The molecule has 3 aromatic rings. The third-order valence-electron chi connectivity index (χ3n) is 7.81. The van der Waals surface area contributed by atoms with Crippen LogP contribution < -0.4 is 10.1 Å². The van der Waals surface area contributed by atoms with Gasteiger partial charge in [-0.25, -0.2) is 0 Å². The monoisotopic (exact) mass is 554 g/mol. The van der Waals surface area contributed by atoms with Crippen molar-refractivity contribution in [2.24, 2.45) is 11.8 Å². The molecule has 6 nitrogen and oxygen atoms in total. The molecule has 0 spiro atoms. The van der Waals surface area contributed by atoms with Crippen LogP contribution in [0.5, 0.6) is 5.75 Å². The molecule has 37 heavy (non-hydrogen) atoms. The molecule has 0 aromatic heterocycles. The van der Waals surface area contributed by atoms with Crippen LogP contribution in [0.15, 0.2) is 66.7 Å². The van der Waals surface area contributed by atoms with Crippen molar-refractivity contribution in [3.8, 4) is 5.75 Å². The first-order valence-electron chi connectivity index (χ1n) is 11.7. The maximum absolute atomic E-state index is 14.0. The Morgan fingerprint density at radius 1 is 0.892 bits per heavy atom. The van der Waals surface area contributed by atoms with E-state index in [1.807, 2.05) is 48.5 Å². The predicted octanol–water partition coefficient (Wildman–Crippen LogP) is 5.27. The third-order valence-corrected chi connectivity index (χ3v) is 9.33. The summed E-state index contributed by atoms with van der Waals surface area (Å²) in [7, 11) is 1.46. The summed E-state index contributed by atoms with van der Waals surface area (Å²) in [5.41, 5.74) is 3.14. The number of carbonyl (C=O) groups excluding carboxylic acids is 3. The lowest BCUT2D eigenvalue weighted by atomic mass is 9.54. The van der Waals surface area contributed by atoms with Crippen LogP contribution in [0.4, 0.5) is 5.69 Å². The van der Waals surface area contributed by atoms with Crippen molar-refractivity contribution in [1.82, 2.24) is 4.90 Å². The second kappa shape index (κ2) is 8.22. The number of imide groups is 1. The summed E-state index contributed by atoms with van der Waals surface area (Å²) in [6.45, 7) is 1.50. The Kier molecular flexibility index (Phi) is 5.40. The predicted molar refractivity (Wildman–Crippen MR) is 141 cm³/mol. The fourth-order valence-electron chi connectivity index (χ4n) is 6.20. The molecular formula is C28H21Cl3N2O4. The molecule has 7 rings (SSSR count). The van der Waals surface area contributed by atoms with E-state index in [0.717, 1.165) is 4.90 Å². The number of rotatable bonds is 4. The highest BCUT2D eigenvalue weighted by atomic mass is 35.5. The molecule has 3 atom stereocenters. The average Bonchev–Trinajstić information content (AvgIpc) is 3.18. The van der Waals surface area contributed by atoms with Crippen molar-refractivity contribution < 1.29 is 19.1 Å². The van der Waals surface area contributed by atoms with Gasteiger partial charge in [0, 0.05) is 5.02 Å². The minimum absolute atomic E-state index is 0.325. The summed E-state index contributed by atoms with van der Waals surface area (Å²) in [6.07, 6.45) is 0. The molecule has 1 heterocycles. The van der Waals surface area contributed by atoms with Crippen molar-refractivity contribution in [1.29, 1.82) is 0 Å². The quantitative estimate of drug-likeness (QED) is 0.352. The summed E-state index contributed by atoms with van der Waals surface area (Å²) in [4.78, 5) is 39.8. The maximum atomic E-state index is 14.0. The van der Waals surface area contributed by atoms with Crippen LogP contribution >= 0.6 is 34.8 Å². The molecule has 1 saturated heterocycles. The molecular weight excluding hydrogens is 535 g/mol. The first-order chi connectivity index (χ1) is 17.6. The molecule has 4 aliphatic rings. The second-order valence-corrected chi connectivity index (χ2v) is 11.2. The maximum Gasteiger partial charge on any atom is 0.247 e. The highest BCUT2D eigenvalue weighted by Gasteiger charge is 2.73. The highest BCUT2D eigenvalue weighted by molar-refractivity contribution is 6.36. The molecule has 3 aliphatic carbocycles. The molecule has 1 N–H and O–H groups in total. The van der Waals surface area contributed by atoms with E-state index in [-0.39, 0.29) is 0 Å². The van der Waals surface area contributed by atoms with Crippen LogP contribution in [0.25, 0.3) is 0 Å². The lowest BCUT2D eigenvalue weighted by Gasteiger charge is -2.54. The van der Waals surface area contributed by atoms with E-state index in [2.05, 4.69) is 5.32 Å². The Morgan fingerprint density at radius 3 is 1.78 bits per heavy atom. The van der Waals surface area contributed by atoms with Gasteiger partial charge >= 0.3 is 0 Å². The van der Waals surface area contributed by atoms with Crippen LogP contribution in [0.1, 0.15) is 29.2 Å². The van der Waals surface area contributed by atoms with E-state index in [1.165, 1.54) is 20.1 Å². The molecule has 2 bridgehead atoms. The van der Waals surface area contributed by atoms with E-state index in [0.29, 0.717) is 38.7 Å². The number of likely N-dealkylation sites (tertiary alicyclic amines) is 1. The average molecular weight is 556 g/mol. The second-order valence-electron chi connectivity index (χ2n) is 9.53. The van der Waals surface area contributed by atoms with E-state index in [4.69, 9.17) is 39.5 Å². The van der Waals surface area contributed by atoms with Crippen LogP contribution in [-0.2, 0) is 24.1 Å². The van der Waals surface area contributed by atoms with Crippen molar-refractivity contribution in [2.45, 2.75) is 22.7 Å². The molecule has 0 unspecified atom stereocenters. The zero-order valence-corrected chi connectivity index (χ0v) is 22.1. The van der Waals surface area contributed by atoms with Gasteiger partial charge in [-0.3, -0.25) is 19.3 Å². The molecule has 3 aromatic carbocycles. The summed E-state index contributed by atoms with van der Waals surface area (Å²) in [5, 5.41) is 3.12. The lowest BCUT2D eigenvalue weighted by Crippen LogP contribution is -2.57. The number of nitrogens with one attached hydrogen (secondary N) is 1. The fraction of sp³-hybridized carbons (Fsp3) is 0.250. The van der Waals surface area contributed by atoms with Gasteiger partial charge in [-0.2, -0.15) is 0 Å². The minimum atomic E-state index is -1.30. The number of benzene rings is 3. The van der Waals surface area contributed by atoms with Gasteiger partial charge in [0.05, 0.1) is 24.6 Å². The van der Waals surface area contributed by atoms with Crippen molar-refractivity contribution in [3.63, 3.8) is 0 Å². The van der Waals surface area contributed by atoms with Gasteiger partial charge in [-0.1, -0.05) is 60.1 Å². The first kappa shape index (κ1) is 24.3. The molecule has 1 fully saturated rings. The first-order valence-corrected chi connectivity index (χ1v) is 12.9. The van der Waals surface area contributed by atoms with Crippen molar-refractivity contribution in [2.75, 3.05) is 12.4 Å². The fourth-order valence-corrected chi connectivity index (χ4v) is 7.47. The Labute approximate surface area is 228 Å². The van der Waals surface area contributed by atoms with Gasteiger partial charge in [0.2, 0.25) is 17.7 Å². The largest absolute Gasteiger partial charge is 0.495 e. The normalized spacial score (nSPS) is 27.9.